The Bertz CT molecular complexity index is 744. The van der Waals surface area contributed by atoms with E-state index in [-0.39, 0.29) is 23.8 Å². The average Bonchev–Trinajstić information content (AvgIpc) is 2.54. The lowest BCUT2D eigenvalue weighted by Gasteiger charge is -2.30. The predicted molar refractivity (Wildman–Crippen MR) is 98.6 cm³/mol. The maximum atomic E-state index is 13.1. The minimum absolute atomic E-state index is 0.0649. The summed E-state index contributed by atoms with van der Waals surface area (Å²) >= 11 is 0. The molecule has 25 heavy (non-hydrogen) atoms. The summed E-state index contributed by atoms with van der Waals surface area (Å²) in [7, 11) is 0. The molecule has 0 aliphatic rings. The van der Waals surface area contributed by atoms with Gasteiger partial charge in [0.1, 0.15) is 5.56 Å². The highest BCUT2D eigenvalue weighted by Gasteiger charge is 2.27. The Morgan fingerprint density at radius 2 is 1.56 bits per heavy atom. The summed E-state index contributed by atoms with van der Waals surface area (Å²) in [5, 5.41) is 0. The van der Waals surface area contributed by atoms with Crippen LogP contribution in [0.15, 0.2) is 48.8 Å². The van der Waals surface area contributed by atoms with Crippen molar-refractivity contribution in [3.05, 3.63) is 65.5 Å². The van der Waals surface area contributed by atoms with Crippen molar-refractivity contribution in [2.24, 2.45) is 0 Å². The van der Waals surface area contributed by atoms with E-state index in [0.29, 0.717) is 17.7 Å². The summed E-state index contributed by atoms with van der Waals surface area (Å²) in [6.07, 6.45) is 3.65. The van der Waals surface area contributed by atoms with Gasteiger partial charge in [0.05, 0.1) is 0 Å². The highest BCUT2D eigenvalue weighted by Crippen LogP contribution is 2.15. The van der Waals surface area contributed by atoms with Crippen LogP contribution in [0.3, 0.4) is 0 Å². The number of ketones is 1. The van der Waals surface area contributed by atoms with E-state index in [1.54, 1.807) is 12.3 Å². The molecule has 0 aliphatic heterocycles. The number of nitrogens with zero attached hydrogens (tertiary/aromatic N) is 2. The fourth-order valence-corrected chi connectivity index (χ4v) is 3.11. The Morgan fingerprint density at radius 3 is 2.08 bits per heavy atom. The van der Waals surface area contributed by atoms with Gasteiger partial charge in [-0.3, -0.25) is 9.59 Å². The quantitative estimate of drug-likeness (QED) is 0.597. The van der Waals surface area contributed by atoms with Gasteiger partial charge in [0, 0.05) is 29.3 Å². The third-order valence-corrected chi connectivity index (χ3v) is 4.18. The third-order valence-electron chi connectivity index (χ3n) is 4.18. The summed E-state index contributed by atoms with van der Waals surface area (Å²) in [5.41, 5.74) is 2.08. The molecule has 0 saturated heterocycles. The van der Waals surface area contributed by atoms with Gasteiger partial charge in [-0.15, -0.1) is 0 Å². The van der Waals surface area contributed by atoms with Crippen LogP contribution >= 0.6 is 0 Å². The number of aromatic nitrogens is 1. The van der Waals surface area contributed by atoms with E-state index in [4.69, 9.17) is 0 Å². The number of Topliss-reactive ketones (excluding diaryl/α,β-unsaturated/α-hetero) is 1. The Morgan fingerprint density at radius 1 is 0.960 bits per heavy atom. The first-order valence-corrected chi connectivity index (χ1v) is 8.72. The molecule has 0 N–H and O–H groups in total. The van der Waals surface area contributed by atoms with E-state index in [0.717, 1.165) is 5.56 Å². The molecule has 4 heteroatoms. The molecule has 0 radical (unpaired) electrons. The van der Waals surface area contributed by atoms with Crippen molar-refractivity contribution in [1.29, 1.82) is 0 Å². The van der Waals surface area contributed by atoms with Gasteiger partial charge < -0.3 is 4.90 Å². The molecule has 4 nitrogen and oxygen atoms in total. The van der Waals surface area contributed by atoms with Crippen LogP contribution in [0.1, 0.15) is 60.9 Å². The van der Waals surface area contributed by atoms with Crippen LogP contribution in [0, 0.1) is 0 Å². The molecule has 0 atom stereocenters. The van der Waals surface area contributed by atoms with Crippen LogP contribution in [0.25, 0.3) is 0 Å². The van der Waals surface area contributed by atoms with Crippen LogP contribution in [0.4, 0.5) is 0 Å². The molecule has 0 aliphatic carbocycles. The van der Waals surface area contributed by atoms with E-state index in [9.17, 15) is 9.59 Å². The van der Waals surface area contributed by atoms with Gasteiger partial charge in [-0.05, 0) is 34.6 Å². The normalized spacial score (nSPS) is 11.0. The van der Waals surface area contributed by atoms with Crippen molar-refractivity contribution in [2.45, 2.75) is 53.2 Å². The van der Waals surface area contributed by atoms with E-state index in [1.165, 1.54) is 6.92 Å². The van der Waals surface area contributed by atoms with Crippen LogP contribution in [0.5, 0.6) is 0 Å². The molecular weight excluding hydrogens is 312 g/mol. The number of carbonyl (C=O) groups excluding carboxylic acids is 2. The van der Waals surface area contributed by atoms with Gasteiger partial charge in [-0.2, -0.15) is 4.57 Å². The topological polar surface area (TPSA) is 41.3 Å². The first-order valence-electron chi connectivity index (χ1n) is 8.72. The molecule has 0 spiro atoms. The molecular formula is C21H27N2O2+. The smallest absolute Gasteiger partial charge is 0.261 e. The minimum atomic E-state index is -0.0994. The predicted octanol–water partition coefficient (Wildman–Crippen LogP) is 3.48. The molecule has 0 fully saturated rings. The largest absolute Gasteiger partial charge is 0.334 e. The molecule has 0 unspecified atom stereocenters. The van der Waals surface area contributed by atoms with E-state index >= 15 is 0 Å². The average molecular weight is 339 g/mol. The third kappa shape index (κ3) is 4.53. The zero-order chi connectivity index (χ0) is 18.6. The molecule has 1 amide bonds. The van der Waals surface area contributed by atoms with E-state index in [2.05, 4.69) is 0 Å². The minimum Gasteiger partial charge on any atom is -0.334 e. The van der Waals surface area contributed by atoms with E-state index in [1.807, 2.05) is 73.7 Å². The summed E-state index contributed by atoms with van der Waals surface area (Å²) in [5.74, 6) is -0.194. The lowest BCUT2D eigenvalue weighted by Crippen LogP contribution is -2.44. The maximum absolute atomic E-state index is 13.1. The van der Waals surface area contributed by atoms with Crippen molar-refractivity contribution < 1.29 is 14.2 Å². The number of hydrogen-bond acceptors (Lipinski definition) is 2. The van der Waals surface area contributed by atoms with Crippen molar-refractivity contribution in [1.82, 2.24) is 4.90 Å². The number of rotatable bonds is 6. The Labute approximate surface area is 150 Å². The standard InChI is InChI=1S/C21H27N2O2/c1-15(2)23(16(3)4)21(25)20-14-22(12-11-19(20)17(5)24)13-18-9-7-6-8-10-18/h6-12,14-16H,13H2,1-5H3/q+1. The Kier molecular flexibility index (Phi) is 6.07. The van der Waals surface area contributed by atoms with Gasteiger partial charge in [0.15, 0.2) is 24.7 Å². The van der Waals surface area contributed by atoms with E-state index < -0.39 is 0 Å². The molecule has 1 aromatic heterocycles. The lowest BCUT2D eigenvalue weighted by molar-refractivity contribution is -0.688. The number of amides is 1. The second-order valence-electron chi connectivity index (χ2n) is 6.89. The molecule has 0 bridgehead atoms. The van der Waals surface area contributed by atoms with Gasteiger partial charge >= 0.3 is 0 Å². The first-order chi connectivity index (χ1) is 11.8. The number of benzene rings is 1. The van der Waals surface area contributed by atoms with Crippen molar-refractivity contribution in [2.75, 3.05) is 0 Å². The summed E-state index contributed by atoms with van der Waals surface area (Å²) < 4.78 is 1.95. The van der Waals surface area contributed by atoms with Gasteiger partial charge in [-0.1, -0.05) is 30.3 Å². The maximum Gasteiger partial charge on any atom is 0.261 e. The van der Waals surface area contributed by atoms with Crippen LogP contribution in [-0.2, 0) is 6.54 Å². The fraction of sp³-hybridized carbons (Fsp3) is 0.381. The lowest BCUT2D eigenvalue weighted by atomic mass is 10.0. The number of pyridine rings is 1. The number of hydrogen-bond donors (Lipinski definition) is 0. The SMILES string of the molecule is CC(=O)c1cc[n+](Cc2ccccc2)cc1C(=O)N(C(C)C)C(C)C. The molecule has 132 valence electrons. The summed E-state index contributed by atoms with van der Waals surface area (Å²) in [6.45, 7) is 10.1. The summed E-state index contributed by atoms with van der Waals surface area (Å²) in [6, 6.07) is 11.9. The second kappa shape index (κ2) is 8.06. The molecule has 0 saturated carbocycles. The Hall–Kier alpha value is -2.49. The fourth-order valence-electron chi connectivity index (χ4n) is 3.11. The molecule has 1 aromatic carbocycles. The zero-order valence-electron chi connectivity index (χ0n) is 15.7. The van der Waals surface area contributed by atoms with Crippen LogP contribution in [0.2, 0.25) is 0 Å². The summed E-state index contributed by atoms with van der Waals surface area (Å²) in [4.78, 5) is 27.0. The monoisotopic (exact) mass is 339 g/mol. The highest BCUT2D eigenvalue weighted by molar-refractivity contribution is 6.06. The van der Waals surface area contributed by atoms with Crippen molar-refractivity contribution in [3.8, 4) is 0 Å². The van der Waals surface area contributed by atoms with Gasteiger partial charge in [0.25, 0.3) is 5.91 Å². The highest BCUT2D eigenvalue weighted by atomic mass is 16.2. The second-order valence-corrected chi connectivity index (χ2v) is 6.89. The molecule has 2 rings (SSSR count). The Balaban J connectivity index is 2.44. The molecule has 1 heterocycles. The van der Waals surface area contributed by atoms with Gasteiger partial charge in [-0.25, -0.2) is 0 Å². The van der Waals surface area contributed by atoms with Crippen molar-refractivity contribution in [3.63, 3.8) is 0 Å². The zero-order valence-corrected chi connectivity index (χ0v) is 15.7. The van der Waals surface area contributed by atoms with Crippen LogP contribution in [-0.4, -0.2) is 28.7 Å². The number of carbonyl (C=O) groups is 2. The molecule has 2 aromatic rings. The van der Waals surface area contributed by atoms with Crippen molar-refractivity contribution >= 4 is 11.7 Å². The van der Waals surface area contributed by atoms with Crippen LogP contribution < -0.4 is 4.57 Å². The van der Waals surface area contributed by atoms with Gasteiger partial charge in [0.2, 0.25) is 0 Å². The first kappa shape index (κ1) is 18.8.